The van der Waals surface area contributed by atoms with Crippen LogP contribution in [0, 0.1) is 0 Å². The van der Waals surface area contributed by atoms with Gasteiger partial charge in [-0.05, 0) is 35.9 Å². The van der Waals surface area contributed by atoms with Gasteiger partial charge in [0.05, 0.1) is 16.1 Å². The van der Waals surface area contributed by atoms with Crippen LogP contribution in [0.4, 0.5) is 0 Å². The highest BCUT2D eigenvalue weighted by Crippen LogP contribution is 2.20. The van der Waals surface area contributed by atoms with Gasteiger partial charge in [0.1, 0.15) is 0 Å². The number of hydrogen-bond donors (Lipinski definition) is 2. The van der Waals surface area contributed by atoms with Gasteiger partial charge < -0.3 is 10.4 Å². The normalized spacial score (nSPS) is 10.2. The summed E-state index contributed by atoms with van der Waals surface area (Å²) in [7, 11) is 0. The maximum absolute atomic E-state index is 12.0. The zero-order valence-corrected chi connectivity index (χ0v) is 12.3. The lowest BCUT2D eigenvalue weighted by Crippen LogP contribution is -2.23. The number of carboxylic acid groups (broad SMARTS) is 1. The van der Waals surface area contributed by atoms with Crippen LogP contribution in [0.3, 0.4) is 0 Å². The summed E-state index contributed by atoms with van der Waals surface area (Å²) in [6.45, 7) is 0.207. The smallest absolute Gasteiger partial charge is 0.335 e. The molecule has 108 valence electrons. The quantitative estimate of drug-likeness (QED) is 0.903. The Morgan fingerprint density at radius 3 is 2.52 bits per heavy atom. The van der Waals surface area contributed by atoms with E-state index in [1.807, 2.05) is 0 Å². The van der Waals surface area contributed by atoms with Gasteiger partial charge in [-0.15, -0.1) is 0 Å². The molecule has 0 radical (unpaired) electrons. The maximum atomic E-state index is 12.0. The van der Waals surface area contributed by atoms with Gasteiger partial charge in [-0.1, -0.05) is 35.3 Å². The van der Waals surface area contributed by atoms with Gasteiger partial charge in [0.25, 0.3) is 5.91 Å². The molecule has 0 saturated heterocycles. The van der Waals surface area contributed by atoms with Crippen LogP contribution >= 0.6 is 23.2 Å². The first-order valence-corrected chi connectivity index (χ1v) is 6.78. The van der Waals surface area contributed by atoms with Gasteiger partial charge in [-0.2, -0.15) is 0 Å². The molecule has 0 unspecified atom stereocenters. The fourth-order valence-corrected chi connectivity index (χ4v) is 2.26. The largest absolute Gasteiger partial charge is 0.478 e. The molecule has 0 heterocycles. The van der Waals surface area contributed by atoms with Crippen molar-refractivity contribution >= 4 is 35.1 Å². The van der Waals surface area contributed by atoms with Gasteiger partial charge in [0, 0.05) is 11.6 Å². The molecule has 21 heavy (non-hydrogen) atoms. The predicted molar refractivity (Wildman–Crippen MR) is 81.0 cm³/mol. The molecule has 2 aromatic carbocycles. The Labute approximate surface area is 131 Å². The number of amides is 1. The SMILES string of the molecule is O=C(O)c1cccc(CNC(=O)c2ccc(Cl)cc2Cl)c1. The minimum Gasteiger partial charge on any atom is -0.478 e. The average Bonchev–Trinajstić information content (AvgIpc) is 2.45. The van der Waals surface area contributed by atoms with Crippen molar-refractivity contribution < 1.29 is 14.7 Å². The van der Waals surface area contributed by atoms with E-state index in [4.69, 9.17) is 28.3 Å². The third-order valence-electron chi connectivity index (χ3n) is 2.80. The van der Waals surface area contributed by atoms with Crippen LogP contribution in [-0.2, 0) is 6.54 Å². The van der Waals surface area contributed by atoms with Crippen LogP contribution in [-0.4, -0.2) is 17.0 Å². The first-order valence-electron chi connectivity index (χ1n) is 6.03. The van der Waals surface area contributed by atoms with E-state index in [1.165, 1.54) is 24.3 Å². The van der Waals surface area contributed by atoms with Crippen molar-refractivity contribution in [2.75, 3.05) is 0 Å². The molecule has 0 spiro atoms. The number of rotatable bonds is 4. The molecule has 0 bridgehead atoms. The van der Waals surface area contributed by atoms with E-state index >= 15 is 0 Å². The first-order chi connectivity index (χ1) is 9.97. The Kier molecular flexibility index (Phi) is 4.83. The number of nitrogens with one attached hydrogen (secondary N) is 1. The fraction of sp³-hybridized carbons (Fsp3) is 0.0667. The molecule has 4 nitrogen and oxygen atoms in total. The summed E-state index contributed by atoms with van der Waals surface area (Å²) in [4.78, 5) is 22.9. The summed E-state index contributed by atoms with van der Waals surface area (Å²) in [5, 5.41) is 12.3. The van der Waals surface area contributed by atoms with Crippen LogP contribution in [0.1, 0.15) is 26.3 Å². The van der Waals surface area contributed by atoms with Crippen molar-refractivity contribution in [2.24, 2.45) is 0 Å². The topological polar surface area (TPSA) is 66.4 Å². The number of hydrogen-bond acceptors (Lipinski definition) is 2. The van der Waals surface area contributed by atoms with E-state index in [0.29, 0.717) is 16.1 Å². The molecule has 6 heteroatoms. The molecule has 1 amide bonds. The molecule has 0 fully saturated rings. The maximum Gasteiger partial charge on any atom is 0.335 e. The van der Waals surface area contributed by atoms with Crippen LogP contribution in [0.15, 0.2) is 42.5 Å². The van der Waals surface area contributed by atoms with Crippen molar-refractivity contribution in [1.82, 2.24) is 5.32 Å². The Balaban J connectivity index is 2.07. The Bertz CT molecular complexity index is 701. The second kappa shape index (κ2) is 6.61. The number of halogens is 2. The van der Waals surface area contributed by atoms with Crippen molar-refractivity contribution in [2.45, 2.75) is 6.54 Å². The van der Waals surface area contributed by atoms with E-state index in [1.54, 1.807) is 18.2 Å². The van der Waals surface area contributed by atoms with Gasteiger partial charge in [-0.25, -0.2) is 4.79 Å². The molecule has 0 aromatic heterocycles. The van der Waals surface area contributed by atoms with E-state index in [-0.39, 0.29) is 23.0 Å². The number of aromatic carboxylic acids is 1. The standard InChI is InChI=1S/C15H11Cl2NO3/c16-11-4-5-12(13(17)7-11)14(19)18-8-9-2-1-3-10(6-9)15(20)21/h1-7H,8H2,(H,18,19)(H,20,21). The summed E-state index contributed by atoms with van der Waals surface area (Å²) in [6, 6.07) is 11.0. The van der Waals surface area contributed by atoms with Crippen molar-refractivity contribution in [3.05, 3.63) is 69.2 Å². The molecule has 2 rings (SSSR count). The zero-order chi connectivity index (χ0) is 15.4. The molecule has 2 N–H and O–H groups in total. The molecule has 2 aromatic rings. The van der Waals surface area contributed by atoms with Gasteiger partial charge in [0.2, 0.25) is 0 Å². The van der Waals surface area contributed by atoms with E-state index in [9.17, 15) is 9.59 Å². The van der Waals surface area contributed by atoms with Crippen LogP contribution in [0.25, 0.3) is 0 Å². The Hall–Kier alpha value is -2.04. The van der Waals surface area contributed by atoms with Crippen LogP contribution in [0.2, 0.25) is 10.0 Å². The van der Waals surface area contributed by atoms with Gasteiger partial charge >= 0.3 is 5.97 Å². The summed E-state index contributed by atoms with van der Waals surface area (Å²) in [5.41, 5.74) is 1.18. The summed E-state index contributed by atoms with van der Waals surface area (Å²) in [6.07, 6.45) is 0. The number of carbonyl (C=O) groups is 2. The van der Waals surface area contributed by atoms with Gasteiger partial charge in [0.15, 0.2) is 0 Å². The molecular formula is C15H11Cl2NO3. The fourth-order valence-electron chi connectivity index (χ4n) is 1.77. The monoisotopic (exact) mass is 323 g/mol. The van der Waals surface area contributed by atoms with E-state index in [2.05, 4.69) is 5.32 Å². The second-order valence-corrected chi connectivity index (χ2v) is 5.16. The summed E-state index contributed by atoms with van der Waals surface area (Å²) in [5.74, 6) is -1.36. The predicted octanol–water partition coefficient (Wildman–Crippen LogP) is 3.62. The number of benzene rings is 2. The molecular weight excluding hydrogens is 313 g/mol. The van der Waals surface area contributed by atoms with Crippen LogP contribution in [0.5, 0.6) is 0 Å². The molecule has 0 aliphatic rings. The molecule has 0 saturated carbocycles. The van der Waals surface area contributed by atoms with Crippen molar-refractivity contribution in [3.8, 4) is 0 Å². The summed E-state index contributed by atoms with van der Waals surface area (Å²) >= 11 is 11.7. The lowest BCUT2D eigenvalue weighted by Gasteiger charge is -2.07. The van der Waals surface area contributed by atoms with Crippen molar-refractivity contribution in [3.63, 3.8) is 0 Å². The lowest BCUT2D eigenvalue weighted by atomic mass is 10.1. The third kappa shape index (κ3) is 3.97. The van der Waals surface area contributed by atoms with E-state index < -0.39 is 5.97 Å². The first kappa shape index (κ1) is 15.4. The highest BCUT2D eigenvalue weighted by Gasteiger charge is 2.11. The molecule has 0 aliphatic carbocycles. The number of carboxylic acids is 1. The van der Waals surface area contributed by atoms with Crippen molar-refractivity contribution in [1.29, 1.82) is 0 Å². The minimum absolute atomic E-state index is 0.172. The third-order valence-corrected chi connectivity index (χ3v) is 3.35. The highest BCUT2D eigenvalue weighted by atomic mass is 35.5. The highest BCUT2D eigenvalue weighted by molar-refractivity contribution is 6.36. The lowest BCUT2D eigenvalue weighted by molar-refractivity contribution is 0.0696. The minimum atomic E-state index is -1.01. The van der Waals surface area contributed by atoms with Crippen LogP contribution < -0.4 is 5.32 Å². The Morgan fingerprint density at radius 2 is 1.86 bits per heavy atom. The molecule has 0 atom stereocenters. The molecule has 0 aliphatic heterocycles. The Morgan fingerprint density at radius 1 is 1.10 bits per heavy atom. The van der Waals surface area contributed by atoms with Gasteiger partial charge in [-0.3, -0.25) is 4.79 Å². The second-order valence-electron chi connectivity index (χ2n) is 4.31. The number of carbonyl (C=O) groups excluding carboxylic acids is 1. The zero-order valence-electron chi connectivity index (χ0n) is 10.8. The average molecular weight is 324 g/mol. The van der Waals surface area contributed by atoms with E-state index in [0.717, 1.165) is 0 Å². The summed E-state index contributed by atoms with van der Waals surface area (Å²) < 4.78 is 0.